The van der Waals surface area contributed by atoms with Crippen molar-refractivity contribution in [3.8, 4) is 0 Å². The Kier molecular flexibility index (Phi) is 5.54. The van der Waals surface area contributed by atoms with Crippen molar-refractivity contribution in [2.24, 2.45) is 0 Å². The molecule has 0 saturated heterocycles. The van der Waals surface area contributed by atoms with E-state index in [2.05, 4.69) is 6.92 Å². The predicted octanol–water partition coefficient (Wildman–Crippen LogP) is 4.40. The number of rotatable bonds is 3. The third kappa shape index (κ3) is 3.49. The molecule has 2 aromatic rings. The van der Waals surface area contributed by atoms with Gasteiger partial charge in [-0.15, -0.1) is 6.04 Å². The average molecular weight is 310 g/mol. The summed E-state index contributed by atoms with van der Waals surface area (Å²) in [6, 6.07) is 19.6. The number of nitrogens with one attached hydrogen (secondary N) is 1. The first-order valence-corrected chi connectivity index (χ1v) is 5.43. The molecule has 2 aromatic carbocycles. The van der Waals surface area contributed by atoms with Crippen LogP contribution in [0, 0.1) is 6.92 Å². The summed E-state index contributed by atoms with van der Waals surface area (Å²) in [5, 5.41) is 0. The van der Waals surface area contributed by atoms with Crippen LogP contribution in [0.25, 0.3) is 5.73 Å². The number of hydrogen-bond acceptors (Lipinski definition) is 0. The van der Waals surface area contributed by atoms with Crippen molar-refractivity contribution >= 4 is 0 Å². The van der Waals surface area contributed by atoms with Crippen LogP contribution >= 0.6 is 0 Å². The Balaban J connectivity index is 0.00000144. The van der Waals surface area contributed by atoms with E-state index in [1.165, 1.54) is 0 Å². The molecule has 0 heterocycles. The zero-order valence-electron chi connectivity index (χ0n) is 9.49. The molecule has 0 aliphatic rings. The summed E-state index contributed by atoms with van der Waals surface area (Å²) in [6.45, 7) is 4.10. The topological polar surface area (TPSA) is 23.8 Å². The second-order valence-electron chi connectivity index (χ2n) is 3.91. The summed E-state index contributed by atoms with van der Waals surface area (Å²) in [5.41, 5.74) is 10.3. The normalized spacial score (nSPS) is 13.5. The van der Waals surface area contributed by atoms with Gasteiger partial charge in [0.15, 0.2) is 0 Å². The van der Waals surface area contributed by atoms with E-state index in [1.807, 2.05) is 60.7 Å². The Morgan fingerprint density at radius 1 is 0.765 bits per heavy atom. The Morgan fingerprint density at radius 3 is 1.65 bits per heavy atom. The largest absolute Gasteiger partial charge is 2.00 e. The maximum Gasteiger partial charge on any atom is 2.00 e. The predicted molar refractivity (Wildman–Crippen MR) is 68.0 cm³/mol. The van der Waals surface area contributed by atoms with Gasteiger partial charge in [0.25, 0.3) is 0 Å². The fourth-order valence-corrected chi connectivity index (χ4v) is 1.79. The smallest absolute Gasteiger partial charge is 0.672 e. The van der Waals surface area contributed by atoms with Crippen molar-refractivity contribution in [3.05, 3.63) is 84.4 Å². The minimum absolute atomic E-state index is 0. The molecule has 0 aliphatic carbocycles. The second kappa shape index (κ2) is 6.68. The van der Waals surface area contributed by atoms with Gasteiger partial charge in [-0.25, -0.2) is 0 Å². The Hall–Kier alpha value is -0.977. The maximum absolute atomic E-state index is 8.19. The zero-order chi connectivity index (χ0) is 11.4. The molecule has 0 bridgehead atoms. The molecule has 0 radical (unpaired) electrons. The van der Waals surface area contributed by atoms with Crippen LogP contribution in [0.3, 0.4) is 0 Å². The van der Waals surface area contributed by atoms with Gasteiger partial charge in [-0.3, -0.25) is 0 Å². The van der Waals surface area contributed by atoms with Crippen molar-refractivity contribution in [3.63, 3.8) is 0 Å². The monoisotopic (exact) mass is 311 g/mol. The van der Waals surface area contributed by atoms with Crippen LogP contribution in [0.1, 0.15) is 23.1 Å². The van der Waals surface area contributed by atoms with E-state index >= 15 is 0 Å². The first kappa shape index (κ1) is 14.1. The van der Waals surface area contributed by atoms with Gasteiger partial charge in [0.2, 0.25) is 0 Å². The van der Waals surface area contributed by atoms with Gasteiger partial charge >= 0.3 is 19.5 Å². The van der Waals surface area contributed by atoms with Crippen LogP contribution in [0.2, 0.25) is 0 Å². The first-order valence-electron chi connectivity index (χ1n) is 5.43. The molecular weight excluding hydrogens is 295 g/mol. The molecule has 0 aliphatic heterocycles. The molecule has 0 unspecified atom stereocenters. The molecule has 1 nitrogen and oxygen atoms in total. The second-order valence-corrected chi connectivity index (χ2v) is 3.91. The van der Waals surface area contributed by atoms with Crippen LogP contribution < -0.4 is 0 Å². The van der Waals surface area contributed by atoms with Crippen LogP contribution in [0.5, 0.6) is 0 Å². The molecule has 2 rings (SSSR count). The summed E-state index contributed by atoms with van der Waals surface area (Å²) >= 11 is 0. The molecule has 0 fully saturated rings. The van der Waals surface area contributed by atoms with Crippen LogP contribution in [0.4, 0.5) is 0 Å². The Morgan fingerprint density at radius 2 is 1.18 bits per heavy atom. The third-order valence-electron chi connectivity index (χ3n) is 2.79. The Bertz CT molecular complexity index is 384. The van der Waals surface area contributed by atoms with E-state index < -0.39 is 0 Å². The number of benzene rings is 2. The van der Waals surface area contributed by atoms with E-state index in [1.54, 1.807) is 0 Å². The average Bonchev–Trinajstić information content (AvgIpc) is 2.39. The van der Waals surface area contributed by atoms with E-state index in [0.29, 0.717) is 0 Å². The fraction of sp³-hybridized carbons (Fsp3) is 0.133. The molecule has 0 aromatic heterocycles. The van der Waals surface area contributed by atoms with E-state index in [9.17, 15) is 0 Å². The first-order chi connectivity index (χ1) is 7.79. The van der Waals surface area contributed by atoms with Crippen molar-refractivity contribution in [1.82, 2.24) is 0 Å². The van der Waals surface area contributed by atoms with Crippen molar-refractivity contribution < 1.29 is 19.5 Å². The molecule has 2 heteroatoms. The molecule has 17 heavy (non-hydrogen) atoms. The van der Waals surface area contributed by atoms with E-state index in [4.69, 9.17) is 5.73 Å². The van der Waals surface area contributed by atoms with Crippen molar-refractivity contribution in [2.75, 3.05) is 0 Å². The summed E-state index contributed by atoms with van der Waals surface area (Å²) in [7, 11) is 0. The molecule has 0 saturated carbocycles. The van der Waals surface area contributed by atoms with Crippen LogP contribution in [-0.2, 0) is 19.5 Å². The molecule has 88 valence electrons. The van der Waals surface area contributed by atoms with Gasteiger partial charge in [-0.2, -0.15) is 5.92 Å². The zero-order valence-corrected chi connectivity index (χ0v) is 11.2. The quantitative estimate of drug-likeness (QED) is 0.593. The van der Waals surface area contributed by atoms with E-state index in [0.717, 1.165) is 11.1 Å². The Labute approximate surface area is 116 Å². The van der Waals surface area contributed by atoms with Gasteiger partial charge in [0.05, 0.1) is 0 Å². The van der Waals surface area contributed by atoms with Crippen LogP contribution in [0.15, 0.2) is 60.7 Å². The summed E-state index contributed by atoms with van der Waals surface area (Å²) in [5.74, 6) is -0.0244. The third-order valence-corrected chi connectivity index (χ3v) is 2.79. The molecular formula is C15H15NRu. The minimum atomic E-state index is -0.302. The van der Waals surface area contributed by atoms with Gasteiger partial charge in [0, 0.05) is 0 Å². The molecule has 0 spiro atoms. The standard InChI is InChI=1S/C15H15N.Ru/c1-12(13-8-4-2-5-9-13)15(16)14-10-6-3-7-11-14;/h2-12,15-16H,1H2;/q-2;+2/t12-,15+;/m0./s1. The fourth-order valence-electron chi connectivity index (χ4n) is 1.79. The maximum atomic E-state index is 8.19. The summed E-state index contributed by atoms with van der Waals surface area (Å²) in [6.07, 6.45) is 0. The molecule has 0 amide bonds. The van der Waals surface area contributed by atoms with Crippen molar-refractivity contribution in [2.45, 2.75) is 12.0 Å². The van der Waals surface area contributed by atoms with Crippen molar-refractivity contribution in [1.29, 1.82) is 0 Å². The van der Waals surface area contributed by atoms with Crippen LogP contribution in [-0.4, -0.2) is 0 Å². The van der Waals surface area contributed by atoms with E-state index in [-0.39, 0.29) is 31.4 Å². The van der Waals surface area contributed by atoms with Gasteiger partial charge in [-0.05, 0) is 0 Å². The SMILES string of the molecule is [CH2-][C@@H](c1ccccc1)[C@@H]([NH-])c1ccccc1.[Ru+2]. The molecule has 2 atom stereocenters. The summed E-state index contributed by atoms with van der Waals surface area (Å²) < 4.78 is 0. The van der Waals surface area contributed by atoms with Gasteiger partial charge in [0.1, 0.15) is 0 Å². The number of hydrogen-bond donors (Lipinski definition) is 0. The summed E-state index contributed by atoms with van der Waals surface area (Å²) in [4.78, 5) is 0. The van der Waals surface area contributed by atoms with Gasteiger partial charge in [-0.1, -0.05) is 71.8 Å². The minimum Gasteiger partial charge on any atom is -0.672 e. The van der Waals surface area contributed by atoms with Gasteiger partial charge < -0.3 is 12.7 Å². The molecule has 1 N–H and O–H groups in total.